The Labute approximate surface area is 124 Å². The van der Waals surface area contributed by atoms with Crippen LogP contribution in [0.4, 0.5) is 5.69 Å². The molecule has 1 aromatic carbocycles. The Balaban J connectivity index is 2.21. The quantitative estimate of drug-likeness (QED) is 0.926. The van der Waals surface area contributed by atoms with Crippen LogP contribution in [0.3, 0.4) is 0 Å². The molecule has 0 saturated carbocycles. The van der Waals surface area contributed by atoms with Gasteiger partial charge in [0.2, 0.25) is 0 Å². The fraction of sp³-hybridized carbons (Fsp3) is 0.154. The van der Waals surface area contributed by atoms with E-state index in [9.17, 15) is 4.79 Å². The largest absolute Gasteiger partial charge is 0.320 e. The molecule has 0 aliphatic rings. The first-order valence-corrected chi connectivity index (χ1v) is 6.86. The Morgan fingerprint density at radius 1 is 1.32 bits per heavy atom. The number of rotatable bonds is 3. The third kappa shape index (κ3) is 3.52. The Morgan fingerprint density at radius 3 is 2.74 bits per heavy atom. The standard InChI is InChI=1S/C13H11BrClN3O/c1-2-8-7-9(14)3-4-10(8)16-13(19)11-5-6-12(15)18-17-11/h3-7H,2H2,1H3,(H,16,19). The highest BCUT2D eigenvalue weighted by molar-refractivity contribution is 9.10. The Kier molecular flexibility index (Phi) is 4.50. The average molecular weight is 341 g/mol. The summed E-state index contributed by atoms with van der Waals surface area (Å²) in [6.45, 7) is 2.03. The second kappa shape index (κ2) is 6.12. The van der Waals surface area contributed by atoms with Gasteiger partial charge in [0.05, 0.1) is 0 Å². The van der Waals surface area contributed by atoms with Crippen molar-refractivity contribution in [3.63, 3.8) is 0 Å². The number of carbonyl (C=O) groups is 1. The van der Waals surface area contributed by atoms with E-state index in [2.05, 4.69) is 31.4 Å². The first-order chi connectivity index (χ1) is 9.10. The summed E-state index contributed by atoms with van der Waals surface area (Å²) in [5.41, 5.74) is 2.05. The molecular weight excluding hydrogens is 330 g/mol. The van der Waals surface area contributed by atoms with E-state index in [4.69, 9.17) is 11.6 Å². The van der Waals surface area contributed by atoms with Crippen LogP contribution in [0.5, 0.6) is 0 Å². The maximum atomic E-state index is 12.0. The van der Waals surface area contributed by atoms with Crippen LogP contribution in [-0.2, 0) is 6.42 Å². The van der Waals surface area contributed by atoms with Crippen LogP contribution < -0.4 is 5.32 Å². The zero-order valence-electron chi connectivity index (χ0n) is 10.2. The molecule has 1 aromatic heterocycles. The van der Waals surface area contributed by atoms with E-state index in [0.717, 1.165) is 22.1 Å². The van der Waals surface area contributed by atoms with Crippen molar-refractivity contribution in [3.8, 4) is 0 Å². The zero-order valence-corrected chi connectivity index (χ0v) is 12.5. The van der Waals surface area contributed by atoms with Crippen LogP contribution in [0.25, 0.3) is 0 Å². The van der Waals surface area contributed by atoms with Crippen molar-refractivity contribution in [2.75, 3.05) is 5.32 Å². The highest BCUT2D eigenvalue weighted by atomic mass is 79.9. The molecule has 2 aromatic rings. The third-order valence-electron chi connectivity index (χ3n) is 2.56. The maximum absolute atomic E-state index is 12.0. The molecule has 6 heteroatoms. The SMILES string of the molecule is CCc1cc(Br)ccc1NC(=O)c1ccc(Cl)nn1. The summed E-state index contributed by atoms with van der Waals surface area (Å²) in [7, 11) is 0. The molecule has 0 radical (unpaired) electrons. The molecule has 0 bridgehead atoms. The lowest BCUT2D eigenvalue weighted by atomic mass is 10.1. The summed E-state index contributed by atoms with van der Waals surface area (Å²) in [5, 5.41) is 10.5. The molecule has 0 aliphatic carbocycles. The van der Waals surface area contributed by atoms with Gasteiger partial charge >= 0.3 is 0 Å². The predicted octanol–water partition coefficient (Wildman–Crippen LogP) is 3.71. The molecule has 2 rings (SSSR count). The van der Waals surface area contributed by atoms with E-state index in [1.807, 2.05) is 25.1 Å². The Bertz CT molecular complexity index is 601. The van der Waals surface area contributed by atoms with Gasteiger partial charge in [0.15, 0.2) is 10.8 Å². The number of halogens is 2. The van der Waals surface area contributed by atoms with E-state index in [-0.39, 0.29) is 16.8 Å². The Hall–Kier alpha value is -1.46. The predicted molar refractivity (Wildman–Crippen MR) is 78.5 cm³/mol. The van der Waals surface area contributed by atoms with Gasteiger partial charge in [-0.3, -0.25) is 4.79 Å². The molecule has 0 unspecified atom stereocenters. The summed E-state index contributed by atoms with van der Waals surface area (Å²) in [6.07, 6.45) is 0.821. The first-order valence-electron chi connectivity index (χ1n) is 5.69. The molecule has 0 spiro atoms. The molecule has 0 aliphatic heterocycles. The average Bonchev–Trinajstić information content (AvgIpc) is 2.41. The molecule has 4 nitrogen and oxygen atoms in total. The number of hydrogen-bond donors (Lipinski definition) is 1. The number of amides is 1. The van der Waals surface area contributed by atoms with Crippen LogP contribution in [0.1, 0.15) is 23.0 Å². The van der Waals surface area contributed by atoms with Gasteiger partial charge in [-0.2, -0.15) is 0 Å². The number of nitrogens with zero attached hydrogens (tertiary/aromatic N) is 2. The van der Waals surface area contributed by atoms with Crippen molar-refractivity contribution in [2.45, 2.75) is 13.3 Å². The van der Waals surface area contributed by atoms with E-state index in [1.54, 1.807) is 0 Å². The molecule has 1 amide bonds. The second-order valence-electron chi connectivity index (χ2n) is 3.85. The number of nitrogens with one attached hydrogen (secondary N) is 1. The van der Waals surface area contributed by atoms with E-state index in [0.29, 0.717) is 0 Å². The first kappa shape index (κ1) is 14.0. The van der Waals surface area contributed by atoms with Gasteiger partial charge in [-0.1, -0.05) is 34.5 Å². The lowest BCUT2D eigenvalue weighted by Crippen LogP contribution is -2.15. The van der Waals surface area contributed by atoms with E-state index >= 15 is 0 Å². The van der Waals surface area contributed by atoms with Crippen molar-refractivity contribution in [3.05, 3.63) is 51.2 Å². The lowest BCUT2D eigenvalue weighted by molar-refractivity contribution is 0.102. The monoisotopic (exact) mass is 339 g/mol. The molecule has 1 heterocycles. The molecule has 0 fully saturated rings. The van der Waals surface area contributed by atoms with Gasteiger partial charge in [0.1, 0.15) is 0 Å². The van der Waals surface area contributed by atoms with Crippen LogP contribution in [0.15, 0.2) is 34.8 Å². The van der Waals surface area contributed by atoms with E-state index < -0.39 is 0 Å². The van der Waals surface area contributed by atoms with Crippen molar-refractivity contribution in [1.29, 1.82) is 0 Å². The smallest absolute Gasteiger partial charge is 0.276 e. The summed E-state index contributed by atoms with van der Waals surface area (Å²) in [4.78, 5) is 12.0. The molecular formula is C13H11BrClN3O. The highest BCUT2D eigenvalue weighted by Gasteiger charge is 2.10. The Morgan fingerprint density at radius 2 is 2.11 bits per heavy atom. The van der Waals surface area contributed by atoms with Crippen molar-refractivity contribution < 1.29 is 4.79 Å². The number of aryl methyl sites for hydroxylation is 1. The van der Waals surface area contributed by atoms with Crippen molar-refractivity contribution in [1.82, 2.24) is 10.2 Å². The maximum Gasteiger partial charge on any atom is 0.276 e. The number of aromatic nitrogens is 2. The fourth-order valence-corrected chi connectivity index (χ4v) is 2.11. The summed E-state index contributed by atoms with van der Waals surface area (Å²) < 4.78 is 0.980. The minimum absolute atomic E-state index is 0.231. The summed E-state index contributed by atoms with van der Waals surface area (Å²) in [5.74, 6) is -0.304. The van der Waals surface area contributed by atoms with Gasteiger partial charge in [0.25, 0.3) is 5.91 Å². The summed E-state index contributed by atoms with van der Waals surface area (Å²) in [6, 6.07) is 8.77. The number of hydrogen-bond acceptors (Lipinski definition) is 3. The van der Waals surface area contributed by atoms with Crippen molar-refractivity contribution >= 4 is 39.1 Å². The molecule has 19 heavy (non-hydrogen) atoms. The molecule has 98 valence electrons. The van der Waals surface area contributed by atoms with Crippen LogP contribution in [0.2, 0.25) is 5.15 Å². The second-order valence-corrected chi connectivity index (χ2v) is 5.15. The topological polar surface area (TPSA) is 54.9 Å². The molecule has 1 N–H and O–H groups in total. The van der Waals surface area contributed by atoms with Gasteiger partial charge in [-0.25, -0.2) is 0 Å². The minimum Gasteiger partial charge on any atom is -0.320 e. The van der Waals surface area contributed by atoms with Gasteiger partial charge in [-0.05, 0) is 42.3 Å². The minimum atomic E-state index is -0.304. The normalized spacial score (nSPS) is 10.3. The number of benzene rings is 1. The molecule has 0 atom stereocenters. The summed E-state index contributed by atoms with van der Waals surface area (Å²) >= 11 is 9.04. The highest BCUT2D eigenvalue weighted by Crippen LogP contribution is 2.22. The van der Waals surface area contributed by atoms with Crippen LogP contribution >= 0.6 is 27.5 Å². The van der Waals surface area contributed by atoms with Crippen LogP contribution in [0, 0.1) is 0 Å². The van der Waals surface area contributed by atoms with Crippen LogP contribution in [-0.4, -0.2) is 16.1 Å². The van der Waals surface area contributed by atoms with Crippen molar-refractivity contribution in [2.24, 2.45) is 0 Å². The van der Waals surface area contributed by atoms with Gasteiger partial charge < -0.3 is 5.32 Å². The van der Waals surface area contributed by atoms with E-state index in [1.165, 1.54) is 12.1 Å². The number of anilines is 1. The van der Waals surface area contributed by atoms with Gasteiger partial charge in [0, 0.05) is 10.2 Å². The zero-order chi connectivity index (χ0) is 13.8. The molecule has 0 saturated heterocycles. The third-order valence-corrected chi connectivity index (χ3v) is 3.26. The fourth-order valence-electron chi connectivity index (χ4n) is 1.60. The lowest BCUT2D eigenvalue weighted by Gasteiger charge is -2.09. The van der Waals surface area contributed by atoms with Gasteiger partial charge in [-0.15, -0.1) is 10.2 Å². The number of carbonyl (C=O) groups excluding carboxylic acids is 1.